The molecule has 236 valence electrons. The van der Waals surface area contributed by atoms with Gasteiger partial charge < -0.3 is 14.2 Å². The SMILES string of the molecule is CCOc1c(C)cc(C)c(OCC)c1-c1cnn(-c2cc(C)cc(Oc3ccc4c5ccccc5n(-c5cc(C)ccn5)c4c3)c2)c1. The number of fused-ring (bicyclic) bond motifs is 3. The Kier molecular flexibility index (Phi) is 7.90. The van der Waals surface area contributed by atoms with Crippen LogP contribution in [0, 0.1) is 27.7 Å². The third kappa shape index (κ3) is 5.58. The third-order valence-electron chi connectivity index (χ3n) is 8.36. The summed E-state index contributed by atoms with van der Waals surface area (Å²) in [5.41, 5.74) is 9.24. The summed E-state index contributed by atoms with van der Waals surface area (Å²) in [6, 6.07) is 27.1. The van der Waals surface area contributed by atoms with Gasteiger partial charge in [0.25, 0.3) is 0 Å². The van der Waals surface area contributed by atoms with Gasteiger partial charge in [0.15, 0.2) is 0 Å². The average molecular weight is 623 g/mol. The third-order valence-corrected chi connectivity index (χ3v) is 8.36. The maximum absolute atomic E-state index is 6.55. The van der Waals surface area contributed by atoms with E-state index in [1.54, 1.807) is 0 Å². The van der Waals surface area contributed by atoms with E-state index in [1.807, 2.05) is 61.4 Å². The average Bonchev–Trinajstić information content (AvgIpc) is 3.66. The van der Waals surface area contributed by atoms with Crippen LogP contribution in [-0.4, -0.2) is 32.5 Å². The van der Waals surface area contributed by atoms with Gasteiger partial charge in [-0.3, -0.25) is 4.57 Å². The van der Waals surface area contributed by atoms with Crippen LogP contribution in [0.3, 0.4) is 0 Å². The van der Waals surface area contributed by atoms with E-state index < -0.39 is 0 Å². The number of aryl methyl sites for hydroxylation is 4. The zero-order valence-electron chi connectivity index (χ0n) is 27.7. The number of aromatic nitrogens is 4. The molecule has 0 saturated heterocycles. The Morgan fingerprint density at radius 2 is 1.43 bits per heavy atom. The fraction of sp³-hybridized carbons (Fsp3) is 0.200. The Morgan fingerprint density at radius 3 is 2.17 bits per heavy atom. The molecule has 0 radical (unpaired) electrons. The van der Waals surface area contributed by atoms with Crippen molar-refractivity contribution in [3.63, 3.8) is 0 Å². The van der Waals surface area contributed by atoms with Crippen LogP contribution in [0.25, 0.3) is 44.4 Å². The molecule has 0 aliphatic rings. The number of pyridine rings is 1. The van der Waals surface area contributed by atoms with E-state index in [9.17, 15) is 0 Å². The second-order valence-electron chi connectivity index (χ2n) is 11.9. The Morgan fingerprint density at radius 1 is 0.681 bits per heavy atom. The molecular weight excluding hydrogens is 584 g/mol. The molecule has 0 unspecified atom stereocenters. The highest BCUT2D eigenvalue weighted by molar-refractivity contribution is 6.09. The molecule has 0 fully saturated rings. The Bertz CT molecular complexity index is 2230. The molecule has 3 heterocycles. The number of ether oxygens (including phenoxy) is 3. The minimum absolute atomic E-state index is 0.559. The van der Waals surface area contributed by atoms with Gasteiger partial charge in [-0.2, -0.15) is 5.10 Å². The van der Waals surface area contributed by atoms with Crippen molar-refractivity contribution < 1.29 is 14.2 Å². The lowest BCUT2D eigenvalue weighted by Crippen LogP contribution is -2.03. The van der Waals surface area contributed by atoms with Crippen molar-refractivity contribution in [1.29, 1.82) is 0 Å². The lowest BCUT2D eigenvalue weighted by molar-refractivity contribution is 0.323. The fourth-order valence-electron chi connectivity index (χ4n) is 6.43. The number of para-hydroxylation sites is 1. The van der Waals surface area contributed by atoms with Crippen LogP contribution in [-0.2, 0) is 0 Å². The summed E-state index contributed by atoms with van der Waals surface area (Å²) in [4.78, 5) is 4.71. The zero-order chi connectivity index (χ0) is 32.7. The van der Waals surface area contributed by atoms with Gasteiger partial charge in [0.2, 0.25) is 0 Å². The molecule has 0 atom stereocenters. The molecule has 7 nitrogen and oxygen atoms in total. The van der Waals surface area contributed by atoms with E-state index in [4.69, 9.17) is 24.3 Å². The van der Waals surface area contributed by atoms with Gasteiger partial charge in [-0.25, -0.2) is 9.67 Å². The van der Waals surface area contributed by atoms with Crippen LogP contribution in [0.5, 0.6) is 23.0 Å². The first-order valence-corrected chi connectivity index (χ1v) is 16.1. The van der Waals surface area contributed by atoms with E-state index in [1.165, 1.54) is 5.39 Å². The van der Waals surface area contributed by atoms with Gasteiger partial charge in [0.1, 0.15) is 28.8 Å². The summed E-state index contributed by atoms with van der Waals surface area (Å²) in [5.74, 6) is 3.99. The molecule has 47 heavy (non-hydrogen) atoms. The minimum Gasteiger partial charge on any atom is -0.493 e. The summed E-state index contributed by atoms with van der Waals surface area (Å²) < 4.78 is 22.9. The number of benzene rings is 4. The number of rotatable bonds is 9. The number of nitrogens with zero attached hydrogens (tertiary/aromatic N) is 4. The molecule has 0 amide bonds. The van der Waals surface area contributed by atoms with Gasteiger partial charge in [0.05, 0.1) is 41.7 Å². The number of hydrogen-bond donors (Lipinski definition) is 0. The first kappa shape index (κ1) is 30.1. The molecule has 0 aliphatic carbocycles. The van der Waals surface area contributed by atoms with Crippen LogP contribution >= 0.6 is 0 Å². The first-order valence-electron chi connectivity index (χ1n) is 16.1. The highest BCUT2D eigenvalue weighted by Crippen LogP contribution is 2.43. The van der Waals surface area contributed by atoms with E-state index in [-0.39, 0.29) is 0 Å². The van der Waals surface area contributed by atoms with Crippen molar-refractivity contribution in [1.82, 2.24) is 19.3 Å². The lowest BCUT2D eigenvalue weighted by atomic mass is 9.99. The molecule has 0 spiro atoms. The minimum atomic E-state index is 0.559. The molecule has 7 heteroatoms. The largest absolute Gasteiger partial charge is 0.493 e. The standard InChI is InChI=1S/C40H38N4O3/c1-7-45-39-27(5)20-28(6)40(46-8-2)38(39)29-23-42-43(24-29)30-17-26(4)18-32(21-30)47-31-13-14-34-33-11-9-10-12-35(33)44(36(34)22-31)37-19-25(3)15-16-41-37/h9-24H,7-8H2,1-6H3. The van der Waals surface area contributed by atoms with Gasteiger partial charge in [-0.15, -0.1) is 0 Å². The van der Waals surface area contributed by atoms with E-state index in [2.05, 4.69) is 86.9 Å². The van der Waals surface area contributed by atoms with Crippen molar-refractivity contribution in [3.8, 4) is 45.6 Å². The molecule has 4 aromatic carbocycles. The van der Waals surface area contributed by atoms with E-state index in [0.29, 0.717) is 13.2 Å². The highest BCUT2D eigenvalue weighted by Gasteiger charge is 2.21. The molecular formula is C40H38N4O3. The molecule has 3 aromatic heterocycles. The summed E-state index contributed by atoms with van der Waals surface area (Å²) in [7, 11) is 0. The van der Waals surface area contributed by atoms with Crippen LogP contribution in [0.15, 0.2) is 97.5 Å². The lowest BCUT2D eigenvalue weighted by Gasteiger charge is -2.19. The summed E-state index contributed by atoms with van der Waals surface area (Å²) in [5, 5.41) is 7.09. The van der Waals surface area contributed by atoms with Crippen molar-refractivity contribution >= 4 is 21.8 Å². The zero-order valence-corrected chi connectivity index (χ0v) is 27.7. The van der Waals surface area contributed by atoms with Crippen LogP contribution < -0.4 is 14.2 Å². The molecule has 7 rings (SSSR count). The van der Waals surface area contributed by atoms with Crippen molar-refractivity contribution in [3.05, 3.63) is 120 Å². The fourth-order valence-corrected chi connectivity index (χ4v) is 6.43. The summed E-state index contributed by atoms with van der Waals surface area (Å²) in [6.45, 7) is 13.4. The van der Waals surface area contributed by atoms with E-state index >= 15 is 0 Å². The maximum atomic E-state index is 6.55. The quantitative estimate of drug-likeness (QED) is 0.160. The van der Waals surface area contributed by atoms with Crippen molar-refractivity contribution in [2.75, 3.05) is 13.2 Å². The van der Waals surface area contributed by atoms with Crippen molar-refractivity contribution in [2.45, 2.75) is 41.5 Å². The predicted octanol–water partition coefficient (Wildman–Crippen LogP) is 9.85. The molecule has 0 bridgehead atoms. The van der Waals surface area contributed by atoms with Crippen molar-refractivity contribution in [2.24, 2.45) is 0 Å². The van der Waals surface area contributed by atoms with Gasteiger partial charge in [-0.1, -0.05) is 18.2 Å². The summed E-state index contributed by atoms with van der Waals surface area (Å²) in [6.07, 6.45) is 5.75. The number of hydrogen-bond acceptors (Lipinski definition) is 5. The monoisotopic (exact) mass is 622 g/mol. The maximum Gasteiger partial charge on any atom is 0.137 e. The molecule has 7 aromatic rings. The topological polar surface area (TPSA) is 63.3 Å². The second kappa shape index (κ2) is 12.3. The van der Waals surface area contributed by atoms with E-state index in [0.717, 1.165) is 84.3 Å². The van der Waals surface area contributed by atoms with Crippen LogP contribution in [0.4, 0.5) is 0 Å². The van der Waals surface area contributed by atoms with Gasteiger partial charge in [0, 0.05) is 40.9 Å². The normalized spacial score (nSPS) is 11.4. The summed E-state index contributed by atoms with van der Waals surface area (Å²) >= 11 is 0. The smallest absolute Gasteiger partial charge is 0.137 e. The predicted molar refractivity (Wildman–Crippen MR) is 189 cm³/mol. The van der Waals surface area contributed by atoms with Crippen LogP contribution in [0.1, 0.15) is 36.1 Å². The molecule has 0 aliphatic heterocycles. The Hall–Kier alpha value is -5.56. The molecule has 0 N–H and O–H groups in total. The second-order valence-corrected chi connectivity index (χ2v) is 11.9. The van der Waals surface area contributed by atoms with Gasteiger partial charge >= 0.3 is 0 Å². The highest BCUT2D eigenvalue weighted by atomic mass is 16.5. The Labute approximate surface area is 275 Å². The Balaban J connectivity index is 1.27. The van der Waals surface area contributed by atoms with Crippen LogP contribution in [0.2, 0.25) is 0 Å². The molecule has 0 saturated carbocycles. The van der Waals surface area contributed by atoms with Gasteiger partial charge in [-0.05, 0) is 112 Å². The first-order chi connectivity index (χ1) is 22.8.